The molecule has 1 aromatic heterocycles. The highest BCUT2D eigenvalue weighted by Crippen LogP contribution is 2.36. The lowest BCUT2D eigenvalue weighted by Gasteiger charge is -2.22. The highest BCUT2D eigenvalue weighted by atomic mass is 19.1. The van der Waals surface area contributed by atoms with Crippen LogP contribution in [0.2, 0.25) is 0 Å². The summed E-state index contributed by atoms with van der Waals surface area (Å²) in [5, 5.41) is 0. The average molecular weight is 300 g/mol. The Morgan fingerprint density at radius 3 is 2.76 bits per heavy atom. The lowest BCUT2D eigenvalue weighted by atomic mass is 10.1. The molecule has 118 valence electrons. The zero-order chi connectivity index (χ0) is 15.0. The molecule has 0 saturated carbocycles. The second-order valence-electron chi connectivity index (χ2n) is 5.57. The summed E-state index contributed by atoms with van der Waals surface area (Å²) in [5.41, 5.74) is 0.743. The lowest BCUT2D eigenvalue weighted by molar-refractivity contribution is -0.169. The minimum absolute atomic E-state index is 0.0717. The van der Waals surface area contributed by atoms with Gasteiger partial charge in [0.25, 0.3) is 6.01 Å². The molecule has 6 heteroatoms. The molecule has 5 nitrogen and oxygen atoms in total. The minimum Gasteiger partial charge on any atom is -0.433 e. The van der Waals surface area contributed by atoms with Crippen LogP contribution in [-0.4, -0.2) is 30.9 Å². The van der Waals surface area contributed by atoms with Gasteiger partial charge in [-0.05, 0) is 25.8 Å². The number of fused-ring (bicyclic) bond motifs is 1. The number of furan rings is 1. The van der Waals surface area contributed by atoms with Gasteiger partial charge in [0, 0.05) is 6.07 Å². The Morgan fingerprint density at radius 1 is 1.29 bits per heavy atom. The molecule has 2 aliphatic heterocycles. The van der Waals surface area contributed by atoms with Gasteiger partial charge in [-0.1, -0.05) is 13.3 Å². The molecule has 3 rings (SSSR count). The van der Waals surface area contributed by atoms with Crippen LogP contribution < -0.4 is 0 Å². The van der Waals surface area contributed by atoms with E-state index in [1.807, 2.05) is 6.92 Å². The van der Waals surface area contributed by atoms with Crippen molar-refractivity contribution < 1.29 is 27.8 Å². The summed E-state index contributed by atoms with van der Waals surface area (Å²) < 4.78 is 41.1. The van der Waals surface area contributed by atoms with Gasteiger partial charge in [0.15, 0.2) is 12.6 Å². The van der Waals surface area contributed by atoms with E-state index in [9.17, 15) is 4.39 Å². The predicted molar refractivity (Wildman–Crippen MR) is 71.0 cm³/mol. The molecule has 21 heavy (non-hydrogen) atoms. The SMILES string of the molecule is CCC[C@H]1O[C@@H]2OC(C)O[C@@H]2[C@H]1OCc1oc(F)cc1C. The van der Waals surface area contributed by atoms with Crippen LogP contribution in [0, 0.1) is 12.9 Å². The van der Waals surface area contributed by atoms with Gasteiger partial charge in [-0.3, -0.25) is 0 Å². The Bertz CT molecular complexity index is 488. The Kier molecular flexibility index (Phi) is 4.31. The third-order valence-corrected chi connectivity index (χ3v) is 3.91. The van der Waals surface area contributed by atoms with Gasteiger partial charge in [-0.15, -0.1) is 0 Å². The van der Waals surface area contributed by atoms with Gasteiger partial charge in [0.1, 0.15) is 24.6 Å². The largest absolute Gasteiger partial charge is 0.433 e. The quantitative estimate of drug-likeness (QED) is 0.837. The molecule has 1 aromatic rings. The van der Waals surface area contributed by atoms with Crippen LogP contribution >= 0.6 is 0 Å². The summed E-state index contributed by atoms with van der Waals surface area (Å²) in [4.78, 5) is 0. The first-order valence-corrected chi connectivity index (χ1v) is 7.41. The molecule has 0 spiro atoms. The molecule has 0 aromatic carbocycles. The van der Waals surface area contributed by atoms with E-state index in [2.05, 4.69) is 6.92 Å². The summed E-state index contributed by atoms with van der Waals surface area (Å²) in [5.74, 6) is 0.498. The van der Waals surface area contributed by atoms with E-state index < -0.39 is 6.01 Å². The number of hydrogen-bond donors (Lipinski definition) is 0. The van der Waals surface area contributed by atoms with Crippen LogP contribution in [0.5, 0.6) is 0 Å². The third-order valence-electron chi connectivity index (χ3n) is 3.91. The fraction of sp³-hybridized carbons (Fsp3) is 0.733. The first kappa shape index (κ1) is 15.0. The summed E-state index contributed by atoms with van der Waals surface area (Å²) in [6.45, 7) is 5.91. The van der Waals surface area contributed by atoms with Gasteiger partial charge in [-0.2, -0.15) is 4.39 Å². The van der Waals surface area contributed by atoms with Crippen molar-refractivity contribution >= 4 is 0 Å². The Labute approximate surface area is 123 Å². The number of hydrogen-bond acceptors (Lipinski definition) is 5. The maximum Gasteiger partial charge on any atom is 0.278 e. The van der Waals surface area contributed by atoms with E-state index in [4.69, 9.17) is 23.4 Å². The normalized spacial score (nSPS) is 35.3. The van der Waals surface area contributed by atoms with Crippen molar-refractivity contribution in [2.24, 2.45) is 0 Å². The molecule has 2 fully saturated rings. The number of rotatable bonds is 5. The smallest absolute Gasteiger partial charge is 0.278 e. The maximum atomic E-state index is 13.1. The topological polar surface area (TPSA) is 50.1 Å². The van der Waals surface area contributed by atoms with Crippen LogP contribution in [0.15, 0.2) is 10.5 Å². The first-order chi connectivity index (χ1) is 10.1. The molecule has 0 radical (unpaired) electrons. The summed E-state index contributed by atoms with van der Waals surface area (Å²) >= 11 is 0. The molecule has 2 aliphatic rings. The second kappa shape index (κ2) is 6.04. The van der Waals surface area contributed by atoms with E-state index in [1.54, 1.807) is 6.92 Å². The molecule has 0 N–H and O–H groups in total. The molecule has 0 bridgehead atoms. The van der Waals surface area contributed by atoms with Crippen molar-refractivity contribution in [1.29, 1.82) is 0 Å². The zero-order valence-electron chi connectivity index (χ0n) is 12.5. The fourth-order valence-electron chi connectivity index (χ4n) is 2.90. The van der Waals surface area contributed by atoms with Gasteiger partial charge in [0.2, 0.25) is 0 Å². The standard InChI is InChI=1S/C15H21FO5/c1-4-5-10-13(14-15(21-10)19-9(3)18-14)17-7-11-8(2)6-12(16)20-11/h6,9-10,13-15H,4-5,7H2,1-3H3/t9?,10-,13+,14-,15+/m1/s1. The molecular formula is C15H21FO5. The number of halogens is 1. The molecule has 2 saturated heterocycles. The molecule has 0 amide bonds. The third kappa shape index (κ3) is 2.99. The summed E-state index contributed by atoms with van der Waals surface area (Å²) in [6, 6.07) is 0.763. The van der Waals surface area contributed by atoms with E-state index in [0.717, 1.165) is 18.4 Å². The van der Waals surface area contributed by atoms with Crippen LogP contribution in [-0.2, 0) is 25.6 Å². The van der Waals surface area contributed by atoms with Crippen molar-refractivity contribution in [1.82, 2.24) is 0 Å². The Morgan fingerprint density at radius 2 is 2.10 bits per heavy atom. The van der Waals surface area contributed by atoms with E-state index in [0.29, 0.717) is 5.76 Å². The van der Waals surface area contributed by atoms with Crippen molar-refractivity contribution in [2.75, 3.05) is 0 Å². The van der Waals surface area contributed by atoms with Crippen molar-refractivity contribution in [2.45, 2.75) is 71.1 Å². The van der Waals surface area contributed by atoms with Crippen molar-refractivity contribution in [3.05, 3.63) is 23.4 Å². The molecular weight excluding hydrogens is 279 g/mol. The van der Waals surface area contributed by atoms with Gasteiger partial charge < -0.3 is 23.4 Å². The zero-order valence-corrected chi connectivity index (χ0v) is 12.5. The molecule has 5 atom stereocenters. The van der Waals surface area contributed by atoms with E-state index >= 15 is 0 Å². The van der Waals surface area contributed by atoms with Gasteiger partial charge in [0.05, 0.1) is 6.10 Å². The first-order valence-electron chi connectivity index (χ1n) is 7.41. The highest BCUT2D eigenvalue weighted by Gasteiger charge is 2.51. The Balaban J connectivity index is 1.67. The van der Waals surface area contributed by atoms with Crippen LogP contribution in [0.3, 0.4) is 0 Å². The van der Waals surface area contributed by atoms with E-state index in [-0.39, 0.29) is 37.5 Å². The minimum atomic E-state index is -0.592. The van der Waals surface area contributed by atoms with Crippen molar-refractivity contribution in [3.63, 3.8) is 0 Å². The van der Waals surface area contributed by atoms with Crippen molar-refractivity contribution in [3.8, 4) is 0 Å². The highest BCUT2D eigenvalue weighted by molar-refractivity contribution is 5.14. The van der Waals surface area contributed by atoms with Crippen LogP contribution in [0.1, 0.15) is 38.0 Å². The summed E-state index contributed by atoms with van der Waals surface area (Å²) in [7, 11) is 0. The predicted octanol–water partition coefficient (Wildman–Crippen LogP) is 2.90. The van der Waals surface area contributed by atoms with Crippen LogP contribution in [0.25, 0.3) is 0 Å². The molecule has 1 unspecified atom stereocenters. The molecule has 0 aliphatic carbocycles. The second-order valence-corrected chi connectivity index (χ2v) is 5.57. The van der Waals surface area contributed by atoms with Gasteiger partial charge in [-0.25, -0.2) is 0 Å². The van der Waals surface area contributed by atoms with Crippen LogP contribution in [0.4, 0.5) is 4.39 Å². The average Bonchev–Trinajstić information content (AvgIpc) is 3.01. The Hall–Kier alpha value is -0.950. The molecule has 3 heterocycles. The maximum absolute atomic E-state index is 13.1. The summed E-state index contributed by atoms with van der Waals surface area (Å²) in [6.07, 6.45) is 0.632. The number of ether oxygens (including phenoxy) is 4. The van der Waals surface area contributed by atoms with E-state index in [1.165, 1.54) is 6.07 Å². The number of aryl methyl sites for hydroxylation is 1. The van der Waals surface area contributed by atoms with Gasteiger partial charge >= 0.3 is 0 Å². The lowest BCUT2D eigenvalue weighted by Crippen LogP contribution is -2.35. The fourth-order valence-corrected chi connectivity index (χ4v) is 2.90. The monoisotopic (exact) mass is 300 g/mol.